The van der Waals surface area contributed by atoms with Gasteiger partial charge in [-0.25, -0.2) is 0 Å². The van der Waals surface area contributed by atoms with Gasteiger partial charge in [-0.2, -0.15) is 5.26 Å². The zero-order valence-corrected chi connectivity index (χ0v) is 8.92. The minimum Gasteiger partial charge on any atom is -0.508 e. The minimum atomic E-state index is 0.171. The average molecular weight is 226 g/mol. The van der Waals surface area contributed by atoms with Gasteiger partial charge in [0.1, 0.15) is 17.2 Å². The Bertz CT molecular complexity index is 571. The molecule has 2 aromatic rings. The van der Waals surface area contributed by atoms with Crippen molar-refractivity contribution in [3.63, 3.8) is 0 Å². The van der Waals surface area contributed by atoms with E-state index < -0.39 is 0 Å². The molecule has 0 aliphatic rings. The molecule has 2 rings (SSSR count). The Labute approximate surface area is 98.5 Å². The van der Waals surface area contributed by atoms with Crippen LogP contribution in [0.3, 0.4) is 0 Å². The Morgan fingerprint density at radius 1 is 1.12 bits per heavy atom. The Hall–Kier alpha value is -2.67. The highest BCUT2D eigenvalue weighted by Crippen LogP contribution is 2.28. The lowest BCUT2D eigenvalue weighted by Gasteiger charge is -2.08. The van der Waals surface area contributed by atoms with Crippen molar-refractivity contribution in [3.8, 4) is 23.3 Å². The zero-order chi connectivity index (χ0) is 12.3. The van der Waals surface area contributed by atoms with Crippen molar-refractivity contribution in [1.82, 2.24) is 0 Å². The number of nitrogen functional groups attached to an aromatic ring is 1. The van der Waals surface area contributed by atoms with E-state index in [0.29, 0.717) is 22.7 Å². The second kappa shape index (κ2) is 4.45. The fourth-order valence-electron chi connectivity index (χ4n) is 1.35. The third-order valence-electron chi connectivity index (χ3n) is 2.20. The molecule has 0 saturated carbocycles. The fraction of sp³-hybridized carbons (Fsp3) is 0. The fourth-order valence-corrected chi connectivity index (χ4v) is 1.35. The molecule has 4 heteroatoms. The van der Waals surface area contributed by atoms with Crippen LogP contribution < -0.4 is 10.5 Å². The van der Waals surface area contributed by atoms with Gasteiger partial charge in [-0.3, -0.25) is 0 Å². The first-order valence-electron chi connectivity index (χ1n) is 4.95. The quantitative estimate of drug-likeness (QED) is 0.771. The number of rotatable bonds is 2. The number of anilines is 1. The van der Waals surface area contributed by atoms with Gasteiger partial charge in [0, 0.05) is 0 Å². The Morgan fingerprint density at radius 2 is 1.82 bits per heavy atom. The van der Waals surface area contributed by atoms with Gasteiger partial charge in [0.15, 0.2) is 0 Å². The smallest absolute Gasteiger partial charge is 0.150 e. The number of nitrogens with two attached hydrogens (primary N) is 1. The van der Waals surface area contributed by atoms with E-state index in [2.05, 4.69) is 0 Å². The van der Waals surface area contributed by atoms with E-state index in [9.17, 15) is 0 Å². The standard InChI is InChI=1S/C13H10N2O2/c14-8-9-1-6-13(12(15)7-9)17-11-4-2-10(16)3-5-11/h1-7,16H,15H2. The van der Waals surface area contributed by atoms with Gasteiger partial charge in [-0.1, -0.05) is 0 Å². The van der Waals surface area contributed by atoms with Crippen LogP contribution in [0.5, 0.6) is 17.2 Å². The number of phenols is 1. The number of benzene rings is 2. The molecule has 3 N–H and O–H groups in total. The summed E-state index contributed by atoms with van der Waals surface area (Å²) in [5, 5.41) is 17.8. The molecule has 0 unspecified atom stereocenters. The SMILES string of the molecule is N#Cc1ccc(Oc2ccc(O)cc2)c(N)c1. The Morgan fingerprint density at radius 3 is 2.41 bits per heavy atom. The number of ether oxygens (including phenoxy) is 1. The van der Waals surface area contributed by atoms with E-state index in [0.717, 1.165) is 0 Å². The summed E-state index contributed by atoms with van der Waals surface area (Å²) in [6.45, 7) is 0. The van der Waals surface area contributed by atoms with E-state index in [1.165, 1.54) is 12.1 Å². The van der Waals surface area contributed by atoms with Gasteiger partial charge in [-0.15, -0.1) is 0 Å². The molecular weight excluding hydrogens is 216 g/mol. The predicted molar refractivity (Wildman–Crippen MR) is 63.8 cm³/mol. The summed E-state index contributed by atoms with van der Waals surface area (Å²) in [4.78, 5) is 0. The van der Waals surface area contributed by atoms with Crippen molar-refractivity contribution >= 4 is 5.69 Å². The molecule has 0 spiro atoms. The maximum atomic E-state index is 9.13. The number of aromatic hydroxyl groups is 1. The lowest BCUT2D eigenvalue weighted by molar-refractivity contribution is 0.465. The average Bonchev–Trinajstić information content (AvgIpc) is 2.34. The largest absolute Gasteiger partial charge is 0.508 e. The summed E-state index contributed by atoms with van der Waals surface area (Å²) in [6, 6.07) is 13.1. The van der Waals surface area contributed by atoms with Gasteiger partial charge in [-0.05, 0) is 42.5 Å². The molecule has 2 aromatic carbocycles. The van der Waals surface area contributed by atoms with E-state index in [-0.39, 0.29) is 5.75 Å². The summed E-state index contributed by atoms with van der Waals surface area (Å²) in [6.07, 6.45) is 0. The van der Waals surface area contributed by atoms with Crippen LogP contribution in [0.25, 0.3) is 0 Å². The molecule has 0 fully saturated rings. The van der Waals surface area contributed by atoms with Crippen molar-refractivity contribution in [2.45, 2.75) is 0 Å². The zero-order valence-electron chi connectivity index (χ0n) is 8.92. The molecule has 0 aromatic heterocycles. The second-order valence-corrected chi connectivity index (χ2v) is 3.46. The van der Waals surface area contributed by atoms with Crippen molar-refractivity contribution in [2.24, 2.45) is 0 Å². The number of hydrogen-bond donors (Lipinski definition) is 2. The molecule has 4 nitrogen and oxygen atoms in total. The summed E-state index contributed by atoms with van der Waals surface area (Å²) < 4.78 is 5.52. The molecule has 0 atom stereocenters. The van der Waals surface area contributed by atoms with Crippen LogP contribution in [-0.2, 0) is 0 Å². The van der Waals surface area contributed by atoms with Gasteiger partial charge >= 0.3 is 0 Å². The summed E-state index contributed by atoms with van der Waals surface area (Å²) in [7, 11) is 0. The lowest BCUT2D eigenvalue weighted by atomic mass is 10.2. The van der Waals surface area contributed by atoms with Gasteiger partial charge in [0.25, 0.3) is 0 Å². The summed E-state index contributed by atoms with van der Waals surface area (Å²) >= 11 is 0. The first kappa shape index (κ1) is 10.8. The number of phenolic OH excluding ortho intramolecular Hbond substituents is 1. The van der Waals surface area contributed by atoms with E-state index in [4.69, 9.17) is 20.8 Å². The number of nitriles is 1. The number of hydrogen-bond acceptors (Lipinski definition) is 4. The van der Waals surface area contributed by atoms with Crippen LogP contribution >= 0.6 is 0 Å². The molecule has 0 saturated heterocycles. The third-order valence-corrected chi connectivity index (χ3v) is 2.20. The molecule has 0 aliphatic heterocycles. The van der Waals surface area contributed by atoms with Crippen LogP contribution in [0.1, 0.15) is 5.56 Å². The van der Waals surface area contributed by atoms with Gasteiger partial charge in [0.2, 0.25) is 0 Å². The summed E-state index contributed by atoms with van der Waals surface area (Å²) in [5.74, 6) is 1.22. The van der Waals surface area contributed by atoms with Gasteiger partial charge in [0.05, 0.1) is 17.3 Å². The topological polar surface area (TPSA) is 79.3 Å². The van der Waals surface area contributed by atoms with Crippen molar-refractivity contribution < 1.29 is 9.84 Å². The summed E-state index contributed by atoms with van der Waals surface area (Å²) in [5.41, 5.74) is 6.64. The van der Waals surface area contributed by atoms with E-state index in [1.807, 2.05) is 6.07 Å². The molecular formula is C13H10N2O2. The predicted octanol–water partition coefficient (Wildman–Crippen LogP) is 2.64. The van der Waals surface area contributed by atoms with Crippen LogP contribution in [0.15, 0.2) is 42.5 Å². The molecule has 0 heterocycles. The maximum Gasteiger partial charge on any atom is 0.150 e. The van der Waals surface area contributed by atoms with Crippen LogP contribution in [0.2, 0.25) is 0 Å². The van der Waals surface area contributed by atoms with Crippen LogP contribution in [0.4, 0.5) is 5.69 Å². The van der Waals surface area contributed by atoms with Crippen molar-refractivity contribution in [1.29, 1.82) is 5.26 Å². The highest BCUT2D eigenvalue weighted by atomic mass is 16.5. The van der Waals surface area contributed by atoms with E-state index >= 15 is 0 Å². The molecule has 0 bridgehead atoms. The van der Waals surface area contributed by atoms with Crippen molar-refractivity contribution in [3.05, 3.63) is 48.0 Å². The van der Waals surface area contributed by atoms with Crippen molar-refractivity contribution in [2.75, 3.05) is 5.73 Å². The Kier molecular flexibility index (Phi) is 2.84. The molecule has 0 amide bonds. The first-order valence-corrected chi connectivity index (χ1v) is 4.95. The maximum absolute atomic E-state index is 9.13. The highest BCUT2D eigenvalue weighted by molar-refractivity contribution is 5.57. The Balaban J connectivity index is 2.25. The third kappa shape index (κ3) is 2.47. The normalized spacial score (nSPS) is 9.59. The van der Waals surface area contributed by atoms with E-state index in [1.54, 1.807) is 30.3 Å². The van der Waals surface area contributed by atoms with Gasteiger partial charge < -0.3 is 15.6 Å². The lowest BCUT2D eigenvalue weighted by Crippen LogP contribution is -1.92. The minimum absolute atomic E-state index is 0.171. The van der Waals surface area contributed by atoms with Crippen LogP contribution in [-0.4, -0.2) is 5.11 Å². The highest BCUT2D eigenvalue weighted by Gasteiger charge is 2.03. The molecule has 84 valence electrons. The molecule has 0 aliphatic carbocycles. The molecule has 17 heavy (non-hydrogen) atoms. The monoisotopic (exact) mass is 226 g/mol. The van der Waals surface area contributed by atoms with Crippen LogP contribution in [0, 0.1) is 11.3 Å². The second-order valence-electron chi connectivity index (χ2n) is 3.46. The molecule has 0 radical (unpaired) electrons. The first-order chi connectivity index (χ1) is 8.19. The number of nitrogens with zero attached hydrogens (tertiary/aromatic N) is 1.